The molecule has 4 heteroatoms. The van der Waals surface area contributed by atoms with Crippen molar-refractivity contribution in [3.05, 3.63) is 34.2 Å². The highest BCUT2D eigenvalue weighted by molar-refractivity contribution is 5.77. The lowest BCUT2D eigenvalue weighted by molar-refractivity contribution is -0.119. The molecule has 0 atom stereocenters. The Hall–Kier alpha value is -1.89. The van der Waals surface area contributed by atoms with E-state index in [1.807, 2.05) is 0 Å². The van der Waals surface area contributed by atoms with Gasteiger partial charge in [0.2, 0.25) is 0 Å². The Bertz CT molecular complexity index is 440. The summed E-state index contributed by atoms with van der Waals surface area (Å²) in [6.45, 7) is 1.78. The van der Waals surface area contributed by atoms with E-state index < -0.39 is 5.56 Å². The third-order valence-electron chi connectivity index (χ3n) is 1.88. The smallest absolute Gasteiger partial charge is 0.268 e. The second kappa shape index (κ2) is 4.38. The van der Waals surface area contributed by atoms with E-state index in [-0.39, 0.29) is 17.9 Å². The standard InChI is InChI=1S/C10H10N2O2/c1-2-9(13)7-12-5-3-4-8(6-11)10(12)14/h3-5H,2,7H2,1H3. The summed E-state index contributed by atoms with van der Waals surface area (Å²) in [5.74, 6) is -0.0258. The Balaban J connectivity index is 3.06. The van der Waals surface area contributed by atoms with Gasteiger partial charge in [0.15, 0.2) is 5.78 Å². The van der Waals surface area contributed by atoms with Gasteiger partial charge < -0.3 is 4.57 Å². The number of ketones is 1. The molecule has 0 saturated heterocycles. The lowest BCUT2D eigenvalue weighted by atomic mass is 10.2. The van der Waals surface area contributed by atoms with Gasteiger partial charge in [-0.25, -0.2) is 0 Å². The molecule has 0 aliphatic rings. The average molecular weight is 190 g/mol. The number of aromatic nitrogens is 1. The summed E-state index contributed by atoms with van der Waals surface area (Å²) in [5.41, 5.74) is -0.340. The van der Waals surface area contributed by atoms with Gasteiger partial charge in [-0.15, -0.1) is 0 Å². The predicted molar refractivity (Wildman–Crippen MR) is 50.7 cm³/mol. The number of carbonyl (C=O) groups is 1. The first-order valence-electron chi connectivity index (χ1n) is 4.30. The van der Waals surface area contributed by atoms with Crippen molar-refractivity contribution < 1.29 is 4.79 Å². The molecule has 1 aromatic heterocycles. The quantitative estimate of drug-likeness (QED) is 0.704. The zero-order valence-corrected chi connectivity index (χ0v) is 7.86. The molecule has 1 aromatic rings. The molecule has 0 spiro atoms. The fourth-order valence-electron chi connectivity index (χ4n) is 1.05. The molecule has 1 heterocycles. The molecule has 0 amide bonds. The number of Topliss-reactive ketones (excluding diaryl/α,β-unsaturated/α-hetero) is 1. The maximum atomic E-state index is 11.4. The summed E-state index contributed by atoms with van der Waals surface area (Å²) in [6, 6.07) is 4.81. The second-order valence-corrected chi connectivity index (χ2v) is 2.86. The van der Waals surface area contributed by atoms with E-state index >= 15 is 0 Å². The maximum Gasteiger partial charge on any atom is 0.268 e. The topological polar surface area (TPSA) is 62.9 Å². The summed E-state index contributed by atoms with van der Waals surface area (Å²) in [6.07, 6.45) is 1.90. The third-order valence-corrected chi connectivity index (χ3v) is 1.88. The lowest BCUT2D eigenvalue weighted by Gasteiger charge is -2.02. The zero-order valence-electron chi connectivity index (χ0n) is 7.86. The van der Waals surface area contributed by atoms with E-state index in [0.29, 0.717) is 6.42 Å². The van der Waals surface area contributed by atoms with Crippen LogP contribution in [0.25, 0.3) is 0 Å². The average Bonchev–Trinajstić information content (AvgIpc) is 2.21. The summed E-state index contributed by atoms with van der Waals surface area (Å²) in [5, 5.41) is 8.59. The van der Waals surface area contributed by atoms with Crippen molar-refractivity contribution in [1.29, 1.82) is 5.26 Å². The van der Waals surface area contributed by atoms with Crippen LogP contribution in [0.15, 0.2) is 23.1 Å². The first-order valence-corrected chi connectivity index (χ1v) is 4.30. The second-order valence-electron chi connectivity index (χ2n) is 2.86. The van der Waals surface area contributed by atoms with Gasteiger partial charge in [-0.2, -0.15) is 5.26 Å². The predicted octanol–water partition coefficient (Wildman–Crippen LogP) is 0.699. The summed E-state index contributed by atoms with van der Waals surface area (Å²) in [4.78, 5) is 22.5. The molecule has 0 fully saturated rings. The Labute approximate surface area is 81.4 Å². The number of nitriles is 1. The van der Waals surface area contributed by atoms with Gasteiger partial charge in [0.05, 0.1) is 6.54 Å². The number of nitrogens with zero attached hydrogens (tertiary/aromatic N) is 2. The highest BCUT2D eigenvalue weighted by Crippen LogP contribution is 1.91. The number of carbonyl (C=O) groups excluding carboxylic acids is 1. The van der Waals surface area contributed by atoms with Crippen LogP contribution in [0.3, 0.4) is 0 Å². The van der Waals surface area contributed by atoms with Gasteiger partial charge >= 0.3 is 0 Å². The van der Waals surface area contributed by atoms with Crippen molar-refractivity contribution in [2.45, 2.75) is 19.9 Å². The van der Waals surface area contributed by atoms with Crippen LogP contribution in [0.4, 0.5) is 0 Å². The van der Waals surface area contributed by atoms with E-state index in [4.69, 9.17) is 5.26 Å². The minimum Gasteiger partial charge on any atom is -0.307 e. The van der Waals surface area contributed by atoms with Crippen molar-refractivity contribution in [2.24, 2.45) is 0 Å². The van der Waals surface area contributed by atoms with Crippen molar-refractivity contribution in [3.8, 4) is 6.07 Å². The molecule has 1 rings (SSSR count). The van der Waals surface area contributed by atoms with E-state index in [1.165, 1.54) is 16.8 Å². The van der Waals surface area contributed by atoms with Gasteiger partial charge in [-0.1, -0.05) is 6.92 Å². The first-order chi connectivity index (χ1) is 6.69. The molecule has 72 valence electrons. The SMILES string of the molecule is CCC(=O)Cn1cccc(C#N)c1=O. The molecular formula is C10H10N2O2. The summed E-state index contributed by atoms with van der Waals surface area (Å²) >= 11 is 0. The van der Waals surface area contributed by atoms with E-state index in [9.17, 15) is 9.59 Å². The van der Waals surface area contributed by atoms with Crippen LogP contribution >= 0.6 is 0 Å². The molecule has 0 aliphatic heterocycles. The molecule has 0 bridgehead atoms. The lowest BCUT2D eigenvalue weighted by Crippen LogP contribution is -2.25. The fourth-order valence-corrected chi connectivity index (χ4v) is 1.05. The third kappa shape index (κ3) is 2.07. The van der Waals surface area contributed by atoms with Crippen LogP contribution in [0.5, 0.6) is 0 Å². The number of hydrogen-bond donors (Lipinski definition) is 0. The van der Waals surface area contributed by atoms with Gasteiger partial charge in [0, 0.05) is 12.6 Å². The van der Waals surface area contributed by atoms with Crippen LogP contribution in [-0.2, 0) is 11.3 Å². The van der Waals surface area contributed by atoms with Crippen LogP contribution in [0, 0.1) is 11.3 Å². The van der Waals surface area contributed by atoms with Crippen molar-refractivity contribution >= 4 is 5.78 Å². The Morgan fingerprint density at radius 1 is 1.64 bits per heavy atom. The molecule has 0 N–H and O–H groups in total. The Morgan fingerprint density at radius 3 is 2.93 bits per heavy atom. The Kier molecular flexibility index (Phi) is 3.19. The number of rotatable bonds is 3. The molecule has 0 saturated carbocycles. The molecule has 0 aliphatic carbocycles. The summed E-state index contributed by atoms with van der Waals surface area (Å²) in [7, 11) is 0. The first kappa shape index (κ1) is 10.2. The van der Waals surface area contributed by atoms with Crippen molar-refractivity contribution in [3.63, 3.8) is 0 Å². The molecule has 0 unspecified atom stereocenters. The van der Waals surface area contributed by atoms with E-state index in [2.05, 4.69) is 0 Å². The van der Waals surface area contributed by atoms with Gasteiger partial charge in [0.1, 0.15) is 11.6 Å². The minimum absolute atomic E-state index is 0.0258. The van der Waals surface area contributed by atoms with Crippen molar-refractivity contribution in [1.82, 2.24) is 4.57 Å². The molecule has 14 heavy (non-hydrogen) atoms. The highest BCUT2D eigenvalue weighted by atomic mass is 16.1. The van der Waals surface area contributed by atoms with E-state index in [1.54, 1.807) is 19.1 Å². The van der Waals surface area contributed by atoms with Crippen molar-refractivity contribution in [2.75, 3.05) is 0 Å². The normalized spacial score (nSPS) is 9.43. The number of hydrogen-bond acceptors (Lipinski definition) is 3. The van der Waals surface area contributed by atoms with E-state index in [0.717, 1.165) is 0 Å². The molecule has 0 aromatic carbocycles. The van der Waals surface area contributed by atoms with Crippen LogP contribution in [-0.4, -0.2) is 10.4 Å². The largest absolute Gasteiger partial charge is 0.307 e. The van der Waals surface area contributed by atoms with Gasteiger partial charge in [-0.05, 0) is 12.1 Å². The minimum atomic E-state index is -0.406. The Morgan fingerprint density at radius 2 is 2.36 bits per heavy atom. The fraction of sp³-hybridized carbons (Fsp3) is 0.300. The molecule has 0 radical (unpaired) electrons. The van der Waals surface area contributed by atoms with Crippen LogP contribution in [0.2, 0.25) is 0 Å². The molecule has 4 nitrogen and oxygen atoms in total. The maximum absolute atomic E-state index is 11.4. The molecular weight excluding hydrogens is 180 g/mol. The highest BCUT2D eigenvalue weighted by Gasteiger charge is 2.04. The van der Waals surface area contributed by atoms with Gasteiger partial charge in [0.25, 0.3) is 5.56 Å². The monoisotopic (exact) mass is 190 g/mol. The number of pyridine rings is 1. The zero-order chi connectivity index (χ0) is 10.6. The van der Waals surface area contributed by atoms with Crippen LogP contribution < -0.4 is 5.56 Å². The van der Waals surface area contributed by atoms with Crippen LogP contribution in [0.1, 0.15) is 18.9 Å². The van der Waals surface area contributed by atoms with Gasteiger partial charge in [-0.3, -0.25) is 9.59 Å². The summed E-state index contributed by atoms with van der Waals surface area (Å²) < 4.78 is 1.25.